The maximum absolute atomic E-state index is 12.5. The van der Waals surface area contributed by atoms with E-state index in [1.807, 2.05) is 0 Å². The lowest BCUT2D eigenvalue weighted by Crippen LogP contribution is -2.64. The second-order valence-corrected chi connectivity index (χ2v) is 6.08. The first kappa shape index (κ1) is 14.4. The summed E-state index contributed by atoms with van der Waals surface area (Å²) >= 11 is 5.55. The average Bonchev–Trinajstić information content (AvgIpc) is 3.14. The molecule has 1 heterocycles. The molecule has 4 nitrogen and oxygen atoms in total. The van der Waals surface area contributed by atoms with Crippen molar-refractivity contribution in [1.82, 2.24) is 10.2 Å². The van der Waals surface area contributed by atoms with Crippen LogP contribution < -0.4 is 5.32 Å². The van der Waals surface area contributed by atoms with Crippen LogP contribution in [-0.2, 0) is 9.59 Å². The van der Waals surface area contributed by atoms with Gasteiger partial charge in [0, 0.05) is 12.1 Å². The van der Waals surface area contributed by atoms with Gasteiger partial charge < -0.3 is 10.2 Å². The van der Waals surface area contributed by atoms with Crippen LogP contribution in [0.25, 0.3) is 0 Å². The van der Waals surface area contributed by atoms with Gasteiger partial charge >= 0.3 is 0 Å². The molecule has 1 saturated heterocycles. The SMILES string of the molecule is CC(C)CC1NC(=O)C(C2CC2)N(C/C=C/Cl)C1=O. The second kappa shape index (κ2) is 5.95. The van der Waals surface area contributed by atoms with E-state index in [1.165, 1.54) is 5.54 Å². The summed E-state index contributed by atoms with van der Waals surface area (Å²) in [6.07, 6.45) is 4.46. The Kier molecular flexibility index (Phi) is 4.50. The van der Waals surface area contributed by atoms with E-state index < -0.39 is 0 Å². The molecule has 106 valence electrons. The molecule has 1 N–H and O–H groups in total. The molecule has 0 bridgehead atoms. The van der Waals surface area contributed by atoms with Crippen LogP contribution in [-0.4, -0.2) is 35.3 Å². The summed E-state index contributed by atoms with van der Waals surface area (Å²) in [4.78, 5) is 26.4. The lowest BCUT2D eigenvalue weighted by molar-refractivity contribution is -0.150. The monoisotopic (exact) mass is 284 g/mol. The summed E-state index contributed by atoms with van der Waals surface area (Å²) in [6, 6.07) is -0.685. The Balaban J connectivity index is 2.15. The van der Waals surface area contributed by atoms with Gasteiger partial charge in [0.15, 0.2) is 0 Å². The lowest BCUT2D eigenvalue weighted by Gasteiger charge is -2.39. The topological polar surface area (TPSA) is 49.4 Å². The molecule has 2 amide bonds. The zero-order chi connectivity index (χ0) is 14.0. The highest BCUT2D eigenvalue weighted by Gasteiger charge is 2.47. The molecule has 0 aromatic heterocycles. The third-order valence-electron chi connectivity index (χ3n) is 3.67. The summed E-state index contributed by atoms with van der Waals surface area (Å²) in [6.45, 7) is 4.52. The Labute approximate surface area is 119 Å². The first-order valence-electron chi connectivity index (χ1n) is 6.90. The van der Waals surface area contributed by atoms with Gasteiger partial charge in [-0.05, 0) is 31.1 Å². The molecule has 2 aliphatic rings. The van der Waals surface area contributed by atoms with E-state index in [4.69, 9.17) is 11.6 Å². The van der Waals surface area contributed by atoms with Gasteiger partial charge in [0.1, 0.15) is 12.1 Å². The molecular weight excluding hydrogens is 264 g/mol. The van der Waals surface area contributed by atoms with Crippen molar-refractivity contribution in [1.29, 1.82) is 0 Å². The van der Waals surface area contributed by atoms with Gasteiger partial charge in [-0.3, -0.25) is 9.59 Å². The van der Waals surface area contributed by atoms with Gasteiger partial charge in [-0.25, -0.2) is 0 Å². The Hall–Kier alpha value is -1.03. The number of halogens is 1. The fourth-order valence-electron chi connectivity index (χ4n) is 2.67. The Morgan fingerprint density at radius 1 is 1.42 bits per heavy atom. The van der Waals surface area contributed by atoms with Gasteiger partial charge in [0.25, 0.3) is 0 Å². The number of hydrogen-bond acceptors (Lipinski definition) is 2. The van der Waals surface area contributed by atoms with Crippen LogP contribution in [0.3, 0.4) is 0 Å². The van der Waals surface area contributed by atoms with Crippen LogP contribution in [0.2, 0.25) is 0 Å². The molecule has 0 aromatic rings. The second-order valence-electron chi connectivity index (χ2n) is 5.83. The number of piperazine rings is 1. The predicted octanol–water partition coefficient (Wildman–Crippen LogP) is 1.89. The van der Waals surface area contributed by atoms with Crippen molar-refractivity contribution in [3.05, 3.63) is 11.6 Å². The van der Waals surface area contributed by atoms with E-state index in [0.29, 0.717) is 24.8 Å². The maximum atomic E-state index is 12.5. The number of carbonyl (C=O) groups excluding carboxylic acids is 2. The van der Waals surface area contributed by atoms with Crippen molar-refractivity contribution in [3.8, 4) is 0 Å². The van der Waals surface area contributed by atoms with E-state index in [2.05, 4.69) is 19.2 Å². The number of nitrogens with zero attached hydrogens (tertiary/aromatic N) is 1. The quantitative estimate of drug-likeness (QED) is 0.838. The van der Waals surface area contributed by atoms with Gasteiger partial charge in [-0.15, -0.1) is 0 Å². The first-order chi connectivity index (χ1) is 9.04. The molecule has 19 heavy (non-hydrogen) atoms. The summed E-state index contributed by atoms with van der Waals surface area (Å²) in [5, 5.41) is 2.89. The van der Waals surface area contributed by atoms with E-state index in [-0.39, 0.29) is 23.9 Å². The lowest BCUT2D eigenvalue weighted by atomic mass is 9.97. The van der Waals surface area contributed by atoms with Crippen LogP contribution in [0.4, 0.5) is 0 Å². The minimum Gasteiger partial charge on any atom is -0.342 e. The molecule has 0 aromatic carbocycles. The Morgan fingerprint density at radius 3 is 2.63 bits per heavy atom. The molecule has 5 heteroatoms. The highest BCUT2D eigenvalue weighted by molar-refractivity contribution is 6.25. The fraction of sp³-hybridized carbons (Fsp3) is 0.714. The van der Waals surface area contributed by atoms with Crippen LogP contribution >= 0.6 is 11.6 Å². The van der Waals surface area contributed by atoms with Crippen LogP contribution in [0.5, 0.6) is 0 Å². The zero-order valence-electron chi connectivity index (χ0n) is 11.4. The third kappa shape index (κ3) is 3.30. The number of rotatable bonds is 5. The van der Waals surface area contributed by atoms with Crippen molar-refractivity contribution in [2.45, 2.75) is 45.2 Å². The van der Waals surface area contributed by atoms with Gasteiger partial charge in [0.2, 0.25) is 11.8 Å². The Bertz CT molecular complexity index is 391. The molecule has 0 spiro atoms. The fourth-order valence-corrected chi connectivity index (χ4v) is 2.75. The molecule has 2 rings (SSSR count). The maximum Gasteiger partial charge on any atom is 0.246 e. The number of hydrogen-bond donors (Lipinski definition) is 1. The van der Waals surface area contributed by atoms with E-state index >= 15 is 0 Å². The average molecular weight is 285 g/mol. The molecule has 1 aliphatic carbocycles. The van der Waals surface area contributed by atoms with Crippen molar-refractivity contribution < 1.29 is 9.59 Å². The van der Waals surface area contributed by atoms with Crippen LogP contribution in [0.1, 0.15) is 33.1 Å². The van der Waals surface area contributed by atoms with Gasteiger partial charge in [0.05, 0.1) is 0 Å². The van der Waals surface area contributed by atoms with E-state index in [0.717, 1.165) is 12.8 Å². The molecule has 2 fully saturated rings. The minimum atomic E-state index is -0.383. The van der Waals surface area contributed by atoms with Gasteiger partial charge in [-0.1, -0.05) is 31.5 Å². The highest BCUT2D eigenvalue weighted by atomic mass is 35.5. The van der Waals surface area contributed by atoms with Crippen LogP contribution in [0.15, 0.2) is 11.6 Å². The normalized spacial score (nSPS) is 28.3. The van der Waals surface area contributed by atoms with Crippen molar-refractivity contribution >= 4 is 23.4 Å². The summed E-state index contributed by atoms with van der Waals surface area (Å²) in [7, 11) is 0. The van der Waals surface area contributed by atoms with Crippen molar-refractivity contribution in [2.24, 2.45) is 11.8 Å². The number of amides is 2. The molecule has 0 radical (unpaired) electrons. The molecule has 1 saturated carbocycles. The number of nitrogens with one attached hydrogen (secondary N) is 1. The highest BCUT2D eigenvalue weighted by Crippen LogP contribution is 2.37. The smallest absolute Gasteiger partial charge is 0.246 e. The predicted molar refractivity (Wildman–Crippen MR) is 74.6 cm³/mol. The molecule has 2 unspecified atom stereocenters. The van der Waals surface area contributed by atoms with Crippen molar-refractivity contribution in [3.63, 3.8) is 0 Å². The first-order valence-corrected chi connectivity index (χ1v) is 7.34. The Morgan fingerprint density at radius 2 is 2.11 bits per heavy atom. The van der Waals surface area contributed by atoms with Gasteiger partial charge in [-0.2, -0.15) is 0 Å². The zero-order valence-corrected chi connectivity index (χ0v) is 12.2. The standard InChI is InChI=1S/C14H21ClN2O2/c1-9(2)8-11-14(19)17(7-3-6-15)12(10-4-5-10)13(18)16-11/h3,6,9-12H,4-5,7-8H2,1-2H3,(H,16,18)/b6-3+. The molecule has 1 aliphatic heterocycles. The molecular formula is C14H21ClN2O2. The van der Waals surface area contributed by atoms with E-state index in [9.17, 15) is 9.59 Å². The summed E-state index contributed by atoms with van der Waals surface area (Å²) < 4.78 is 0. The third-order valence-corrected chi connectivity index (χ3v) is 3.85. The summed E-state index contributed by atoms with van der Waals surface area (Å²) in [5.74, 6) is 0.723. The summed E-state index contributed by atoms with van der Waals surface area (Å²) in [5.41, 5.74) is 1.40. The largest absolute Gasteiger partial charge is 0.342 e. The van der Waals surface area contributed by atoms with Crippen LogP contribution in [0, 0.1) is 11.8 Å². The minimum absolute atomic E-state index is 0.00396. The van der Waals surface area contributed by atoms with Crippen molar-refractivity contribution in [2.75, 3.05) is 6.54 Å². The van der Waals surface area contributed by atoms with E-state index in [1.54, 1.807) is 11.0 Å². The number of carbonyl (C=O) groups is 2. The molecule has 2 atom stereocenters.